The average Bonchev–Trinajstić information content (AvgIpc) is 2.83. The van der Waals surface area contributed by atoms with Crippen molar-refractivity contribution in [2.75, 3.05) is 32.0 Å². The van der Waals surface area contributed by atoms with Crippen LogP contribution in [0.15, 0.2) is 76.5 Å². The highest BCUT2D eigenvalue weighted by molar-refractivity contribution is 7.92. The molecular weight excluding hydrogens is 526 g/mol. The Kier molecular flexibility index (Phi) is 8.62. The van der Waals surface area contributed by atoms with Gasteiger partial charge in [-0.1, -0.05) is 29.8 Å². The minimum atomic E-state index is -4.04. The van der Waals surface area contributed by atoms with Gasteiger partial charge in [0.2, 0.25) is 10.0 Å². The number of hydrogen-bond acceptors (Lipinski definition) is 6. The highest BCUT2D eigenvalue weighted by atomic mass is 35.5. The summed E-state index contributed by atoms with van der Waals surface area (Å²) >= 11 is 6.13. The fourth-order valence-electron chi connectivity index (χ4n) is 3.09. The topological polar surface area (TPSA) is 122 Å². The lowest BCUT2D eigenvalue weighted by molar-refractivity contribution is 0.0946. The predicted molar refractivity (Wildman–Crippen MR) is 139 cm³/mol. The van der Waals surface area contributed by atoms with Crippen molar-refractivity contribution in [2.45, 2.75) is 16.7 Å². The van der Waals surface area contributed by atoms with Crippen molar-refractivity contribution in [1.82, 2.24) is 9.62 Å². The van der Waals surface area contributed by atoms with Crippen LogP contribution in [0.1, 0.15) is 15.9 Å². The van der Waals surface area contributed by atoms with E-state index in [1.165, 1.54) is 56.6 Å². The number of hydrogen-bond donors (Lipinski definition) is 2. The van der Waals surface area contributed by atoms with Crippen molar-refractivity contribution >= 4 is 43.2 Å². The molecule has 0 aliphatic rings. The second-order valence-corrected chi connectivity index (χ2v) is 12.1. The third-order valence-corrected chi connectivity index (χ3v) is 8.81. The maximum absolute atomic E-state index is 12.9. The van der Waals surface area contributed by atoms with Crippen LogP contribution in [-0.2, 0) is 20.0 Å². The third-order valence-electron chi connectivity index (χ3n) is 5.13. The minimum absolute atomic E-state index is 0.0179. The van der Waals surface area contributed by atoms with E-state index in [4.69, 9.17) is 16.3 Å². The second kappa shape index (κ2) is 11.3. The lowest BCUT2D eigenvalue weighted by Gasteiger charge is -2.13. The first kappa shape index (κ1) is 27.5. The zero-order chi connectivity index (χ0) is 26.5. The Balaban J connectivity index is 1.61. The van der Waals surface area contributed by atoms with Gasteiger partial charge in [0.15, 0.2) is 0 Å². The summed E-state index contributed by atoms with van der Waals surface area (Å²) in [5.74, 6) is -0.0702. The summed E-state index contributed by atoms with van der Waals surface area (Å²) in [4.78, 5) is 12.5. The number of benzene rings is 3. The lowest BCUT2D eigenvalue weighted by Crippen LogP contribution is -2.28. The Morgan fingerprint density at radius 3 is 2.28 bits per heavy atom. The van der Waals surface area contributed by atoms with Crippen LogP contribution >= 0.6 is 11.6 Å². The van der Waals surface area contributed by atoms with Gasteiger partial charge in [-0.3, -0.25) is 9.52 Å². The summed E-state index contributed by atoms with van der Waals surface area (Å²) in [6.45, 7) is 2.01. The van der Waals surface area contributed by atoms with E-state index in [1.807, 2.05) is 0 Å². The summed E-state index contributed by atoms with van der Waals surface area (Å²) in [6.07, 6.45) is 0. The molecule has 0 unspecified atom stereocenters. The quantitative estimate of drug-likeness (QED) is 0.372. The molecule has 0 atom stereocenters. The van der Waals surface area contributed by atoms with E-state index < -0.39 is 26.0 Å². The van der Waals surface area contributed by atoms with E-state index in [-0.39, 0.29) is 33.5 Å². The predicted octanol–water partition coefficient (Wildman–Crippen LogP) is 3.51. The number of rotatable bonds is 10. The first-order valence-corrected chi connectivity index (χ1v) is 14.0. The Morgan fingerprint density at radius 2 is 1.64 bits per heavy atom. The number of carbonyl (C=O) groups is 1. The Morgan fingerprint density at radius 1 is 0.972 bits per heavy atom. The Labute approximate surface area is 216 Å². The van der Waals surface area contributed by atoms with Crippen LogP contribution in [0, 0.1) is 6.92 Å². The molecule has 0 spiro atoms. The second-order valence-electron chi connectivity index (χ2n) is 7.93. The number of halogens is 1. The molecule has 0 aliphatic carbocycles. The first-order valence-electron chi connectivity index (χ1n) is 10.7. The molecule has 9 nitrogen and oxygen atoms in total. The van der Waals surface area contributed by atoms with Gasteiger partial charge in [-0.05, 0) is 61.0 Å². The number of carbonyl (C=O) groups excluding carboxylic acids is 1. The Bertz CT molecular complexity index is 1460. The molecule has 3 aromatic carbocycles. The smallest absolute Gasteiger partial charge is 0.263 e. The van der Waals surface area contributed by atoms with Crippen molar-refractivity contribution in [3.63, 3.8) is 0 Å². The molecule has 0 saturated heterocycles. The molecule has 3 rings (SSSR count). The molecule has 0 saturated carbocycles. The van der Waals surface area contributed by atoms with Gasteiger partial charge in [0.25, 0.3) is 15.9 Å². The normalized spacial score (nSPS) is 11.8. The number of anilines is 1. The zero-order valence-electron chi connectivity index (χ0n) is 19.9. The van der Waals surface area contributed by atoms with Crippen LogP contribution < -0.4 is 14.8 Å². The van der Waals surface area contributed by atoms with E-state index >= 15 is 0 Å². The maximum Gasteiger partial charge on any atom is 0.263 e. The molecule has 3 aromatic rings. The highest BCUT2D eigenvalue weighted by Gasteiger charge is 2.21. The minimum Gasteiger partial charge on any atom is -0.492 e. The SMILES string of the molecule is Cc1ccccc1NS(=O)(=O)c1cc(C(=O)NCCOc2ccc(S(=O)(=O)N(C)C)cc2)ccc1Cl. The summed E-state index contributed by atoms with van der Waals surface area (Å²) in [5.41, 5.74) is 1.26. The standard InChI is InChI=1S/C24H26ClN3O6S2/c1-17-6-4-5-7-22(17)27-35(30,31)23-16-18(8-13-21(23)25)24(29)26-14-15-34-19-9-11-20(12-10-19)36(32,33)28(2)3/h4-13,16,27H,14-15H2,1-3H3,(H,26,29). The van der Waals surface area contributed by atoms with Crippen molar-refractivity contribution < 1.29 is 26.4 Å². The largest absolute Gasteiger partial charge is 0.492 e. The number of ether oxygens (including phenoxy) is 1. The molecule has 0 bridgehead atoms. The van der Waals surface area contributed by atoms with Crippen molar-refractivity contribution in [3.8, 4) is 5.75 Å². The van der Waals surface area contributed by atoms with Gasteiger partial charge in [0.05, 0.1) is 22.2 Å². The van der Waals surface area contributed by atoms with Gasteiger partial charge in [-0.25, -0.2) is 21.1 Å². The number of aryl methyl sites for hydroxylation is 1. The van der Waals surface area contributed by atoms with Crippen molar-refractivity contribution in [1.29, 1.82) is 0 Å². The molecule has 0 aliphatic heterocycles. The van der Waals surface area contributed by atoms with Crippen LogP contribution in [-0.4, -0.2) is 54.3 Å². The van der Waals surface area contributed by atoms with Gasteiger partial charge in [0, 0.05) is 19.7 Å². The van der Waals surface area contributed by atoms with Crippen LogP contribution in [0.2, 0.25) is 5.02 Å². The molecule has 192 valence electrons. The zero-order valence-corrected chi connectivity index (χ0v) is 22.2. The number of nitrogens with one attached hydrogen (secondary N) is 2. The van der Waals surface area contributed by atoms with Crippen LogP contribution in [0.4, 0.5) is 5.69 Å². The van der Waals surface area contributed by atoms with Gasteiger partial charge < -0.3 is 10.1 Å². The van der Waals surface area contributed by atoms with Crippen LogP contribution in [0.5, 0.6) is 5.75 Å². The van der Waals surface area contributed by atoms with E-state index in [9.17, 15) is 21.6 Å². The number of nitrogens with zero attached hydrogens (tertiary/aromatic N) is 1. The summed E-state index contributed by atoms with van der Waals surface area (Å²) in [5, 5.41) is 2.63. The fourth-order valence-corrected chi connectivity index (χ4v) is 5.65. The van der Waals surface area contributed by atoms with E-state index in [1.54, 1.807) is 31.2 Å². The van der Waals surface area contributed by atoms with Gasteiger partial charge in [-0.15, -0.1) is 0 Å². The molecule has 1 amide bonds. The fraction of sp³-hybridized carbons (Fsp3) is 0.208. The van der Waals surface area contributed by atoms with Crippen molar-refractivity contribution in [3.05, 3.63) is 82.9 Å². The van der Waals surface area contributed by atoms with Gasteiger partial charge in [-0.2, -0.15) is 0 Å². The van der Waals surface area contributed by atoms with E-state index in [0.29, 0.717) is 11.4 Å². The molecule has 0 aromatic heterocycles. The number of para-hydroxylation sites is 1. The Hall–Kier alpha value is -3.12. The average molecular weight is 552 g/mol. The number of sulfonamides is 2. The third kappa shape index (κ3) is 6.55. The summed E-state index contributed by atoms with van der Waals surface area (Å²) in [6, 6.07) is 16.8. The molecular formula is C24H26ClN3O6S2. The maximum atomic E-state index is 12.9. The van der Waals surface area contributed by atoms with Crippen LogP contribution in [0.25, 0.3) is 0 Å². The van der Waals surface area contributed by atoms with Gasteiger partial charge in [0.1, 0.15) is 17.3 Å². The monoisotopic (exact) mass is 551 g/mol. The molecule has 0 fully saturated rings. The molecule has 0 radical (unpaired) electrons. The van der Waals surface area contributed by atoms with Gasteiger partial charge >= 0.3 is 0 Å². The number of amides is 1. The van der Waals surface area contributed by atoms with E-state index in [2.05, 4.69) is 10.0 Å². The highest BCUT2D eigenvalue weighted by Crippen LogP contribution is 2.26. The van der Waals surface area contributed by atoms with E-state index in [0.717, 1.165) is 9.87 Å². The summed E-state index contributed by atoms with van der Waals surface area (Å²) < 4.78 is 59.2. The van der Waals surface area contributed by atoms with Crippen molar-refractivity contribution in [2.24, 2.45) is 0 Å². The molecule has 0 heterocycles. The lowest BCUT2D eigenvalue weighted by atomic mass is 10.2. The molecule has 12 heteroatoms. The molecule has 36 heavy (non-hydrogen) atoms. The first-order chi connectivity index (χ1) is 16.9. The summed E-state index contributed by atoms with van der Waals surface area (Å²) in [7, 11) is -4.68. The van der Waals surface area contributed by atoms with Crippen LogP contribution in [0.3, 0.4) is 0 Å². The molecule has 2 N–H and O–H groups in total.